The van der Waals surface area contributed by atoms with Crippen molar-refractivity contribution in [3.05, 3.63) is 34.7 Å². The van der Waals surface area contributed by atoms with Crippen LogP contribution in [0, 0.1) is 0 Å². The largest absolute Gasteiger partial charge is 0.372 e. The molecule has 1 aromatic rings. The quantitative estimate of drug-likeness (QED) is 0.372. The van der Waals surface area contributed by atoms with E-state index in [9.17, 15) is 4.79 Å². The molecule has 0 N–H and O–H groups in total. The normalized spacial score (nSPS) is 16.3. The van der Waals surface area contributed by atoms with Crippen molar-refractivity contribution in [3.63, 3.8) is 0 Å². The molecule has 24 heavy (non-hydrogen) atoms. The van der Waals surface area contributed by atoms with Gasteiger partial charge in [0, 0.05) is 25.3 Å². The van der Waals surface area contributed by atoms with E-state index in [-0.39, 0.29) is 5.91 Å². The number of benzene rings is 1. The van der Waals surface area contributed by atoms with Gasteiger partial charge in [0.05, 0.1) is 4.91 Å². The fourth-order valence-corrected chi connectivity index (χ4v) is 4.04. The van der Waals surface area contributed by atoms with E-state index in [4.69, 9.17) is 12.2 Å². The van der Waals surface area contributed by atoms with Gasteiger partial charge in [-0.05, 0) is 44.0 Å². The molecule has 1 fully saturated rings. The summed E-state index contributed by atoms with van der Waals surface area (Å²) in [4.78, 5) is 17.3. The zero-order valence-electron chi connectivity index (χ0n) is 14.7. The van der Waals surface area contributed by atoms with Crippen LogP contribution in [0.2, 0.25) is 0 Å². The number of rotatable bonds is 8. The Hall–Kier alpha value is -1.33. The summed E-state index contributed by atoms with van der Waals surface area (Å²) >= 11 is 6.78. The van der Waals surface area contributed by atoms with E-state index in [1.807, 2.05) is 6.08 Å². The zero-order valence-corrected chi connectivity index (χ0v) is 16.4. The first kappa shape index (κ1) is 19.0. The van der Waals surface area contributed by atoms with Crippen molar-refractivity contribution in [2.45, 2.75) is 40.0 Å². The number of carbonyl (C=O) groups excluding carboxylic acids is 1. The molecular formula is C19H26N2OS2. The van der Waals surface area contributed by atoms with Crippen LogP contribution < -0.4 is 4.90 Å². The molecule has 130 valence electrons. The molecule has 1 saturated heterocycles. The van der Waals surface area contributed by atoms with Gasteiger partial charge in [-0.25, -0.2) is 0 Å². The molecule has 0 aromatic heterocycles. The lowest BCUT2D eigenvalue weighted by Gasteiger charge is -2.20. The van der Waals surface area contributed by atoms with Crippen molar-refractivity contribution in [2.24, 2.45) is 0 Å². The predicted octanol–water partition coefficient (Wildman–Crippen LogP) is 4.92. The van der Waals surface area contributed by atoms with Crippen LogP contribution in [0.5, 0.6) is 0 Å². The monoisotopic (exact) mass is 362 g/mol. The summed E-state index contributed by atoms with van der Waals surface area (Å²) in [5.74, 6) is 0.0499. The van der Waals surface area contributed by atoms with Gasteiger partial charge in [-0.15, -0.1) is 0 Å². The molecule has 1 heterocycles. The molecule has 2 rings (SSSR count). The van der Waals surface area contributed by atoms with Crippen LogP contribution in [0.1, 0.15) is 45.6 Å². The van der Waals surface area contributed by atoms with Crippen molar-refractivity contribution >= 4 is 46.0 Å². The van der Waals surface area contributed by atoms with Crippen molar-refractivity contribution in [1.29, 1.82) is 0 Å². The second-order valence-electron chi connectivity index (χ2n) is 5.80. The Morgan fingerprint density at radius 3 is 2.38 bits per heavy atom. The number of hydrogen-bond donors (Lipinski definition) is 0. The number of anilines is 1. The summed E-state index contributed by atoms with van der Waals surface area (Å²) < 4.78 is 0.683. The third kappa shape index (κ3) is 4.61. The zero-order chi connectivity index (χ0) is 17.5. The maximum Gasteiger partial charge on any atom is 0.266 e. The minimum atomic E-state index is 0.0499. The SMILES string of the molecule is CCCCCN1C(=O)/C(=C\c2ccc(N(CC)CC)cc2)SC1=S. The third-order valence-corrected chi connectivity index (χ3v) is 5.56. The molecule has 3 nitrogen and oxygen atoms in total. The van der Waals surface area contributed by atoms with Crippen LogP contribution in [0.25, 0.3) is 6.08 Å². The molecule has 0 spiro atoms. The molecule has 0 atom stereocenters. The van der Waals surface area contributed by atoms with Crippen LogP contribution in [-0.2, 0) is 4.79 Å². The van der Waals surface area contributed by atoms with Crippen LogP contribution >= 0.6 is 24.0 Å². The topological polar surface area (TPSA) is 23.6 Å². The Labute approximate surface area is 155 Å². The second kappa shape index (κ2) is 9.23. The number of hydrogen-bond acceptors (Lipinski definition) is 4. The molecule has 5 heteroatoms. The van der Waals surface area contributed by atoms with E-state index >= 15 is 0 Å². The molecule has 0 radical (unpaired) electrons. The number of nitrogens with zero attached hydrogens (tertiary/aromatic N) is 2. The van der Waals surface area contributed by atoms with E-state index in [1.165, 1.54) is 17.4 Å². The van der Waals surface area contributed by atoms with Crippen LogP contribution in [-0.4, -0.2) is 34.8 Å². The standard InChI is InChI=1S/C19H26N2OS2/c1-4-7-8-13-21-18(22)17(24-19(21)23)14-15-9-11-16(12-10-15)20(5-2)6-3/h9-12,14H,4-8,13H2,1-3H3/b17-14+. The Kier molecular flexibility index (Phi) is 7.31. The highest BCUT2D eigenvalue weighted by atomic mass is 32.2. The van der Waals surface area contributed by atoms with Gasteiger partial charge in [-0.2, -0.15) is 0 Å². The Morgan fingerprint density at radius 2 is 1.79 bits per heavy atom. The summed E-state index contributed by atoms with van der Waals surface area (Å²) in [7, 11) is 0. The summed E-state index contributed by atoms with van der Waals surface area (Å²) in [5.41, 5.74) is 2.25. The predicted molar refractivity (Wildman–Crippen MR) is 109 cm³/mol. The number of thioether (sulfide) groups is 1. The van der Waals surface area contributed by atoms with Crippen molar-refractivity contribution in [1.82, 2.24) is 4.90 Å². The van der Waals surface area contributed by atoms with Gasteiger partial charge in [0.15, 0.2) is 0 Å². The van der Waals surface area contributed by atoms with E-state index < -0.39 is 0 Å². The average Bonchev–Trinajstić information content (AvgIpc) is 2.85. The second-order valence-corrected chi connectivity index (χ2v) is 7.48. The number of unbranched alkanes of at least 4 members (excludes halogenated alkanes) is 2. The molecule has 0 bridgehead atoms. The van der Waals surface area contributed by atoms with Gasteiger partial charge in [0.1, 0.15) is 4.32 Å². The summed E-state index contributed by atoms with van der Waals surface area (Å²) in [6, 6.07) is 8.36. The van der Waals surface area contributed by atoms with Gasteiger partial charge < -0.3 is 4.90 Å². The fourth-order valence-electron chi connectivity index (χ4n) is 2.73. The number of thiocarbonyl (C=S) groups is 1. The molecule has 0 saturated carbocycles. The smallest absolute Gasteiger partial charge is 0.266 e. The first-order valence-electron chi connectivity index (χ1n) is 8.71. The first-order valence-corrected chi connectivity index (χ1v) is 9.93. The summed E-state index contributed by atoms with van der Waals surface area (Å²) in [5, 5.41) is 0. The van der Waals surface area contributed by atoms with Gasteiger partial charge in [0.2, 0.25) is 0 Å². The maximum atomic E-state index is 12.5. The van der Waals surface area contributed by atoms with Crippen LogP contribution in [0.4, 0.5) is 5.69 Å². The summed E-state index contributed by atoms with van der Waals surface area (Å²) in [6.45, 7) is 9.18. The number of amides is 1. The van der Waals surface area contributed by atoms with Gasteiger partial charge >= 0.3 is 0 Å². The maximum absolute atomic E-state index is 12.5. The molecular weight excluding hydrogens is 336 g/mol. The minimum absolute atomic E-state index is 0.0499. The Balaban J connectivity index is 2.08. The van der Waals surface area contributed by atoms with Crippen molar-refractivity contribution < 1.29 is 4.79 Å². The van der Waals surface area contributed by atoms with Gasteiger partial charge in [-0.1, -0.05) is 55.9 Å². The van der Waals surface area contributed by atoms with E-state index in [0.29, 0.717) is 4.32 Å². The summed E-state index contributed by atoms with van der Waals surface area (Å²) in [6.07, 6.45) is 5.23. The van der Waals surface area contributed by atoms with Gasteiger partial charge in [0.25, 0.3) is 5.91 Å². The van der Waals surface area contributed by atoms with Crippen molar-refractivity contribution in [2.75, 3.05) is 24.5 Å². The average molecular weight is 363 g/mol. The van der Waals surface area contributed by atoms with Gasteiger partial charge in [-0.3, -0.25) is 9.69 Å². The molecule has 0 aliphatic carbocycles. The van der Waals surface area contributed by atoms with Crippen LogP contribution in [0.3, 0.4) is 0 Å². The highest BCUT2D eigenvalue weighted by Gasteiger charge is 2.31. The van der Waals surface area contributed by atoms with E-state index in [2.05, 4.69) is 49.9 Å². The highest BCUT2D eigenvalue weighted by Crippen LogP contribution is 2.33. The van der Waals surface area contributed by atoms with Crippen LogP contribution in [0.15, 0.2) is 29.2 Å². The highest BCUT2D eigenvalue weighted by molar-refractivity contribution is 8.26. The molecule has 1 aliphatic heterocycles. The molecule has 1 aromatic carbocycles. The lowest BCUT2D eigenvalue weighted by atomic mass is 10.1. The Morgan fingerprint density at radius 1 is 1.12 bits per heavy atom. The first-order chi connectivity index (χ1) is 11.6. The van der Waals surface area contributed by atoms with E-state index in [1.54, 1.807) is 4.90 Å². The minimum Gasteiger partial charge on any atom is -0.372 e. The lowest BCUT2D eigenvalue weighted by Crippen LogP contribution is -2.28. The molecule has 1 amide bonds. The Bertz CT molecular complexity index is 606. The fraction of sp³-hybridized carbons (Fsp3) is 0.474. The number of carbonyl (C=O) groups is 1. The van der Waals surface area contributed by atoms with E-state index in [0.717, 1.165) is 49.4 Å². The molecule has 1 aliphatic rings. The lowest BCUT2D eigenvalue weighted by molar-refractivity contribution is -0.122. The third-order valence-electron chi connectivity index (χ3n) is 4.18. The molecule has 0 unspecified atom stereocenters. The van der Waals surface area contributed by atoms with Crippen molar-refractivity contribution in [3.8, 4) is 0 Å².